The number of ether oxygens (including phenoxy) is 2. The zero-order chi connectivity index (χ0) is 10.7. The van der Waals surface area contributed by atoms with Gasteiger partial charge in [-0.2, -0.15) is 0 Å². The number of hydrogen-bond donors (Lipinski definition) is 1. The predicted molar refractivity (Wildman–Crippen MR) is 53.2 cm³/mol. The summed E-state index contributed by atoms with van der Waals surface area (Å²) in [5.74, 6) is -0.113. The molecule has 2 rings (SSSR count). The first kappa shape index (κ1) is 10.1. The third-order valence-corrected chi connectivity index (χ3v) is 1.97. The molecule has 0 atom stereocenters. The lowest BCUT2D eigenvalue weighted by Crippen LogP contribution is -2.07. The van der Waals surface area contributed by atoms with Gasteiger partial charge in [0.05, 0.1) is 30.8 Å². The molecule has 1 aromatic rings. The van der Waals surface area contributed by atoms with Crippen LogP contribution in [0.25, 0.3) is 0 Å². The summed E-state index contributed by atoms with van der Waals surface area (Å²) in [4.78, 5) is 14.9. The summed E-state index contributed by atoms with van der Waals surface area (Å²) in [7, 11) is 0. The molecule has 1 aliphatic heterocycles. The van der Waals surface area contributed by atoms with Crippen LogP contribution in [-0.4, -0.2) is 24.1 Å². The van der Waals surface area contributed by atoms with Crippen LogP contribution in [0.2, 0.25) is 0 Å². The summed E-state index contributed by atoms with van der Waals surface area (Å²) >= 11 is 0. The van der Waals surface area contributed by atoms with Crippen molar-refractivity contribution in [2.24, 2.45) is 0 Å². The van der Waals surface area contributed by atoms with E-state index in [1.165, 1.54) is 6.92 Å². The van der Waals surface area contributed by atoms with Gasteiger partial charge in [0.15, 0.2) is 0 Å². The van der Waals surface area contributed by atoms with Crippen LogP contribution >= 0.6 is 0 Å². The molecule has 0 saturated carbocycles. The van der Waals surface area contributed by atoms with Crippen LogP contribution in [-0.2, 0) is 14.3 Å². The average Bonchev–Trinajstić information content (AvgIpc) is 2.71. The van der Waals surface area contributed by atoms with E-state index in [4.69, 9.17) is 9.47 Å². The summed E-state index contributed by atoms with van der Waals surface area (Å²) in [6, 6.07) is 3.55. The Kier molecular flexibility index (Phi) is 2.94. The molecule has 15 heavy (non-hydrogen) atoms. The maximum absolute atomic E-state index is 10.8. The molecule has 0 unspecified atom stereocenters. The molecule has 0 bridgehead atoms. The van der Waals surface area contributed by atoms with Gasteiger partial charge in [0.1, 0.15) is 0 Å². The molecule has 1 N–H and O–H groups in total. The minimum Gasteiger partial charge on any atom is -0.345 e. The third-order valence-electron chi connectivity index (χ3n) is 1.97. The topological polar surface area (TPSA) is 60.5 Å². The number of amides is 1. The van der Waals surface area contributed by atoms with E-state index in [1.54, 1.807) is 18.3 Å². The van der Waals surface area contributed by atoms with Crippen molar-refractivity contribution in [3.8, 4) is 0 Å². The van der Waals surface area contributed by atoms with Gasteiger partial charge in [-0.25, -0.2) is 0 Å². The molecular formula is C10H12N2O3. The Morgan fingerprint density at radius 1 is 1.47 bits per heavy atom. The van der Waals surface area contributed by atoms with Crippen LogP contribution in [0, 0.1) is 0 Å². The number of anilines is 1. The number of pyridine rings is 1. The highest BCUT2D eigenvalue weighted by molar-refractivity contribution is 5.88. The first-order valence-corrected chi connectivity index (χ1v) is 4.72. The van der Waals surface area contributed by atoms with E-state index in [-0.39, 0.29) is 12.2 Å². The van der Waals surface area contributed by atoms with Gasteiger partial charge in [0, 0.05) is 6.92 Å². The Morgan fingerprint density at radius 2 is 2.20 bits per heavy atom. The smallest absolute Gasteiger partial charge is 0.221 e. The molecule has 0 radical (unpaired) electrons. The first-order valence-electron chi connectivity index (χ1n) is 4.72. The lowest BCUT2D eigenvalue weighted by molar-refractivity contribution is -0.114. The van der Waals surface area contributed by atoms with Gasteiger partial charge in [-0.3, -0.25) is 9.78 Å². The van der Waals surface area contributed by atoms with Crippen molar-refractivity contribution in [2.75, 3.05) is 18.5 Å². The zero-order valence-electron chi connectivity index (χ0n) is 8.40. The second-order valence-electron chi connectivity index (χ2n) is 3.23. The second-order valence-corrected chi connectivity index (χ2v) is 3.23. The highest BCUT2D eigenvalue weighted by Gasteiger charge is 2.19. The molecule has 1 saturated heterocycles. The summed E-state index contributed by atoms with van der Waals surface area (Å²) in [6.07, 6.45) is 1.22. The lowest BCUT2D eigenvalue weighted by atomic mass is 10.3. The van der Waals surface area contributed by atoms with Crippen LogP contribution in [0.4, 0.5) is 5.69 Å². The van der Waals surface area contributed by atoms with E-state index in [2.05, 4.69) is 10.3 Å². The Hall–Kier alpha value is -1.46. The van der Waals surface area contributed by atoms with Crippen LogP contribution in [0.5, 0.6) is 0 Å². The van der Waals surface area contributed by atoms with E-state index in [0.717, 1.165) is 5.69 Å². The van der Waals surface area contributed by atoms with E-state index in [1.807, 2.05) is 0 Å². The van der Waals surface area contributed by atoms with Crippen molar-refractivity contribution in [2.45, 2.75) is 13.2 Å². The maximum atomic E-state index is 10.8. The summed E-state index contributed by atoms with van der Waals surface area (Å²) in [5, 5.41) is 2.64. The molecule has 80 valence electrons. The molecule has 0 aromatic carbocycles. The van der Waals surface area contributed by atoms with Gasteiger partial charge in [-0.15, -0.1) is 0 Å². The minimum absolute atomic E-state index is 0.113. The van der Waals surface area contributed by atoms with Crippen LogP contribution < -0.4 is 5.32 Å². The molecule has 5 nitrogen and oxygen atoms in total. The van der Waals surface area contributed by atoms with Gasteiger partial charge in [0.2, 0.25) is 12.2 Å². The maximum Gasteiger partial charge on any atom is 0.221 e. The van der Waals surface area contributed by atoms with Crippen molar-refractivity contribution in [3.63, 3.8) is 0 Å². The van der Waals surface area contributed by atoms with Gasteiger partial charge >= 0.3 is 0 Å². The van der Waals surface area contributed by atoms with Crippen LogP contribution in [0.15, 0.2) is 18.3 Å². The predicted octanol–water partition coefficient (Wildman–Crippen LogP) is 1.09. The van der Waals surface area contributed by atoms with Gasteiger partial charge in [0.25, 0.3) is 0 Å². The minimum atomic E-state index is -0.364. The fourth-order valence-electron chi connectivity index (χ4n) is 1.35. The van der Waals surface area contributed by atoms with E-state index in [0.29, 0.717) is 18.9 Å². The normalized spacial score (nSPS) is 16.6. The van der Waals surface area contributed by atoms with Gasteiger partial charge in [-0.05, 0) is 12.1 Å². The van der Waals surface area contributed by atoms with Crippen molar-refractivity contribution in [3.05, 3.63) is 24.0 Å². The number of nitrogens with zero attached hydrogens (tertiary/aromatic N) is 1. The Labute approximate surface area is 87.4 Å². The molecular weight excluding hydrogens is 196 g/mol. The fraction of sp³-hybridized carbons (Fsp3) is 0.400. The van der Waals surface area contributed by atoms with Crippen molar-refractivity contribution in [1.29, 1.82) is 0 Å². The Balaban J connectivity index is 2.06. The van der Waals surface area contributed by atoms with E-state index in [9.17, 15) is 4.79 Å². The lowest BCUT2D eigenvalue weighted by Gasteiger charge is -2.08. The Bertz CT molecular complexity index is 344. The van der Waals surface area contributed by atoms with Crippen molar-refractivity contribution < 1.29 is 14.3 Å². The molecule has 1 aromatic heterocycles. The summed E-state index contributed by atoms with van der Waals surface area (Å²) < 4.78 is 10.6. The highest BCUT2D eigenvalue weighted by atomic mass is 16.7. The summed E-state index contributed by atoms with van der Waals surface area (Å²) in [5.41, 5.74) is 1.39. The molecule has 1 amide bonds. The highest BCUT2D eigenvalue weighted by Crippen LogP contribution is 2.21. The number of nitrogens with one attached hydrogen (secondary N) is 1. The number of hydrogen-bond acceptors (Lipinski definition) is 4. The number of rotatable bonds is 2. The van der Waals surface area contributed by atoms with E-state index >= 15 is 0 Å². The first-order chi connectivity index (χ1) is 7.25. The molecule has 0 spiro atoms. The third kappa shape index (κ3) is 2.51. The van der Waals surface area contributed by atoms with Gasteiger partial charge in [-0.1, -0.05) is 0 Å². The molecule has 5 heteroatoms. The second kappa shape index (κ2) is 4.37. The monoisotopic (exact) mass is 208 g/mol. The molecule has 2 heterocycles. The van der Waals surface area contributed by atoms with E-state index < -0.39 is 0 Å². The number of aromatic nitrogens is 1. The molecule has 1 aliphatic rings. The summed E-state index contributed by atoms with van der Waals surface area (Å²) in [6.45, 7) is 2.65. The average molecular weight is 208 g/mol. The fourth-order valence-corrected chi connectivity index (χ4v) is 1.35. The SMILES string of the molecule is CC(=O)Nc1ccc(C2OCCO2)nc1. The quantitative estimate of drug-likeness (QED) is 0.790. The number of carbonyl (C=O) groups excluding carboxylic acids is 1. The largest absolute Gasteiger partial charge is 0.345 e. The molecule has 0 aliphatic carbocycles. The zero-order valence-corrected chi connectivity index (χ0v) is 8.40. The standard InChI is InChI=1S/C10H12N2O3/c1-7(13)12-8-2-3-9(11-6-8)10-14-4-5-15-10/h2-3,6,10H,4-5H2,1H3,(H,12,13). The number of carbonyl (C=O) groups is 1. The van der Waals surface area contributed by atoms with Crippen molar-refractivity contribution in [1.82, 2.24) is 4.98 Å². The van der Waals surface area contributed by atoms with Crippen LogP contribution in [0.3, 0.4) is 0 Å². The van der Waals surface area contributed by atoms with Crippen LogP contribution in [0.1, 0.15) is 18.9 Å². The van der Waals surface area contributed by atoms with Gasteiger partial charge < -0.3 is 14.8 Å². The van der Waals surface area contributed by atoms with Crippen molar-refractivity contribution >= 4 is 11.6 Å². The molecule has 1 fully saturated rings. The Morgan fingerprint density at radius 3 is 2.73 bits per heavy atom.